The van der Waals surface area contributed by atoms with Gasteiger partial charge >= 0.3 is 12.4 Å². The Labute approximate surface area is 217 Å². The van der Waals surface area contributed by atoms with Gasteiger partial charge in [-0.2, -0.15) is 38.1 Å². The first-order chi connectivity index (χ1) is 13.5. The van der Waals surface area contributed by atoms with Crippen LogP contribution < -0.4 is 0 Å². The molecule has 13 heteroatoms. The lowest BCUT2D eigenvalue weighted by atomic mass is 9.92. The lowest BCUT2D eigenvalue weighted by molar-refractivity contribution is -0.327. The standard InChI is InChI=1S/C5H6F6.C3H6O.C3H8.C2H5F.C2H6O2S.C2H6S.CH3F.4CH4/c1-3(2,4(6,7)8)5(9,10)11;1-3(2)4;1-3-2;1-2-3;1-5(2,3)4;1-3-2;1-2;;;;/h1-2H3;1-2H3;3H2,1-2H3;2H2,1H3;1-2H3;1-2H3;1H3;4*1H4. The van der Waals surface area contributed by atoms with Gasteiger partial charge in [0.25, 0.3) is 0 Å². The normalized spacial score (nSPS) is 8.91. The first kappa shape index (κ1) is 70.1. The molecule has 0 unspecified atom stereocenters. The molecule has 0 aliphatic rings. The van der Waals surface area contributed by atoms with E-state index in [0.29, 0.717) is 7.18 Å². The minimum Gasteiger partial charge on any atom is -0.300 e. The Morgan fingerprint density at radius 3 is 0.800 bits per heavy atom. The molecule has 0 aromatic heterocycles. The molecule has 0 heterocycles. The number of hydrogen-bond donors (Lipinski definition) is 0. The van der Waals surface area contributed by atoms with Crippen LogP contribution in [0, 0.1) is 5.41 Å². The SMILES string of the molecule is C.C.C.C.CC(C)(C(F)(F)F)C(F)(F)F.CC(C)=O.CCC.CCF.CF.CS(C)(=O)=O.CSC. The van der Waals surface area contributed by atoms with E-state index in [1.807, 2.05) is 12.5 Å². The molecule has 0 atom stereocenters. The van der Waals surface area contributed by atoms with Crippen LogP contribution in [0.1, 0.15) is 84.6 Å². The molecule has 0 aliphatic heterocycles. The maximum absolute atomic E-state index is 11.6. The zero-order chi connectivity index (χ0) is 27.7. The van der Waals surface area contributed by atoms with Gasteiger partial charge in [0.05, 0.1) is 13.9 Å². The number of thioether (sulfide) groups is 1. The summed E-state index contributed by atoms with van der Waals surface area (Å²) in [6.07, 6.45) is -2.84. The highest BCUT2D eigenvalue weighted by Crippen LogP contribution is 2.49. The van der Waals surface area contributed by atoms with E-state index in [-0.39, 0.29) is 56.0 Å². The second kappa shape index (κ2) is 40.6. The van der Waals surface area contributed by atoms with Crippen molar-refractivity contribution in [2.75, 3.05) is 38.9 Å². The average molecular weight is 585 g/mol. The summed E-state index contributed by atoms with van der Waals surface area (Å²) in [6.45, 7) is 8.72. The monoisotopic (exact) mass is 584 g/mol. The van der Waals surface area contributed by atoms with Crippen LogP contribution in [0.3, 0.4) is 0 Å². The Morgan fingerprint density at radius 2 is 0.800 bits per heavy atom. The minimum absolute atomic E-state index is 0. The fourth-order valence-electron chi connectivity index (χ4n) is 0.161. The summed E-state index contributed by atoms with van der Waals surface area (Å²) in [6, 6.07) is 0. The van der Waals surface area contributed by atoms with Gasteiger partial charge in [0.15, 0.2) is 5.41 Å². The number of hydrogen-bond acceptors (Lipinski definition) is 4. The Morgan fingerprint density at radius 1 is 0.743 bits per heavy atom. The van der Waals surface area contributed by atoms with Crippen molar-refractivity contribution in [2.24, 2.45) is 5.41 Å². The summed E-state index contributed by atoms with van der Waals surface area (Å²) in [7, 11) is -2.17. The van der Waals surface area contributed by atoms with Crippen molar-refractivity contribution in [1.29, 1.82) is 0 Å². The molecule has 0 saturated heterocycles. The fourth-order valence-corrected chi connectivity index (χ4v) is 0.161. The van der Waals surface area contributed by atoms with E-state index in [1.165, 1.54) is 27.2 Å². The molecule has 0 saturated carbocycles. The largest absolute Gasteiger partial charge is 0.402 e. The topological polar surface area (TPSA) is 51.2 Å². The number of carbonyl (C=O) groups is 1. The lowest BCUT2D eigenvalue weighted by Crippen LogP contribution is -2.44. The molecule has 0 aliphatic carbocycles. The smallest absolute Gasteiger partial charge is 0.300 e. The Hall–Kier alpha value is -0.590. The van der Waals surface area contributed by atoms with Gasteiger partial charge in [0, 0.05) is 12.5 Å². The number of alkyl halides is 8. The van der Waals surface area contributed by atoms with Crippen LogP contribution in [0.4, 0.5) is 35.1 Å². The summed E-state index contributed by atoms with van der Waals surface area (Å²) in [4.78, 5) is 9.44. The fraction of sp³-hybridized carbons (Fsp3) is 0.955. The van der Waals surface area contributed by atoms with E-state index in [9.17, 15) is 48.3 Å². The van der Waals surface area contributed by atoms with Gasteiger partial charge in [-0.3, -0.25) is 8.78 Å². The van der Waals surface area contributed by atoms with Crippen molar-refractivity contribution >= 4 is 27.4 Å². The second-order valence-electron chi connectivity index (χ2n) is 6.05. The van der Waals surface area contributed by atoms with Crippen LogP contribution in [0.25, 0.3) is 0 Å². The first-order valence-corrected chi connectivity index (χ1v) is 12.5. The summed E-state index contributed by atoms with van der Waals surface area (Å²) in [5.74, 6) is 0.167. The molecule has 0 aromatic carbocycles. The molecule has 0 bridgehead atoms. The average Bonchev–Trinajstić information content (AvgIpc) is 2.47. The molecule has 230 valence electrons. The highest BCUT2D eigenvalue weighted by Gasteiger charge is 2.64. The van der Waals surface area contributed by atoms with Gasteiger partial charge in [-0.15, -0.1) is 0 Å². The number of Topliss-reactive ketones (excluding diaryl/α,β-unsaturated/α-hetero) is 1. The third kappa shape index (κ3) is 109. The molecule has 0 fully saturated rings. The van der Waals surface area contributed by atoms with Gasteiger partial charge in [-0.1, -0.05) is 50.0 Å². The Balaban J connectivity index is -0.0000000231. The third-order valence-corrected chi connectivity index (χ3v) is 1.42. The van der Waals surface area contributed by atoms with Gasteiger partial charge in [0.2, 0.25) is 0 Å². The highest BCUT2D eigenvalue weighted by atomic mass is 32.2. The molecule has 0 spiro atoms. The molecular weight excluding hydrogens is 528 g/mol. The summed E-state index contributed by atoms with van der Waals surface area (Å²) >= 11 is 1.75. The number of ketones is 1. The molecule has 0 radical (unpaired) electrons. The van der Waals surface area contributed by atoms with Crippen molar-refractivity contribution in [3.63, 3.8) is 0 Å². The predicted octanol–water partition coefficient (Wildman–Crippen LogP) is 9.89. The molecule has 0 amide bonds. The van der Waals surface area contributed by atoms with Crippen molar-refractivity contribution in [3.05, 3.63) is 0 Å². The van der Waals surface area contributed by atoms with Crippen LogP contribution in [-0.4, -0.2) is 65.4 Å². The van der Waals surface area contributed by atoms with Crippen LogP contribution >= 0.6 is 11.8 Å². The number of carbonyl (C=O) groups excluding carboxylic acids is 1. The Kier molecular flexibility index (Phi) is 81.2. The lowest BCUT2D eigenvalue weighted by Gasteiger charge is -2.29. The first-order valence-electron chi connectivity index (χ1n) is 8.57. The van der Waals surface area contributed by atoms with Gasteiger partial charge in [-0.05, 0) is 47.1 Å². The van der Waals surface area contributed by atoms with E-state index >= 15 is 0 Å². The molecule has 0 N–H and O–H groups in total. The van der Waals surface area contributed by atoms with Crippen molar-refractivity contribution in [3.8, 4) is 0 Å². The van der Waals surface area contributed by atoms with E-state index in [4.69, 9.17) is 0 Å². The number of rotatable bonds is 0. The van der Waals surface area contributed by atoms with Crippen LogP contribution in [-0.2, 0) is 14.6 Å². The number of halogens is 8. The molecular formula is C22H56F8O3S2. The molecule has 0 rings (SSSR count). The van der Waals surface area contributed by atoms with E-state index in [0.717, 1.165) is 12.5 Å². The second-order valence-corrected chi connectivity index (χ2v) is 9.16. The van der Waals surface area contributed by atoms with Gasteiger partial charge in [0.1, 0.15) is 15.6 Å². The van der Waals surface area contributed by atoms with E-state index in [1.54, 1.807) is 11.8 Å². The van der Waals surface area contributed by atoms with Crippen LogP contribution in [0.15, 0.2) is 0 Å². The Bertz CT molecular complexity index is 418. The van der Waals surface area contributed by atoms with Gasteiger partial charge < -0.3 is 4.79 Å². The quantitative estimate of drug-likeness (QED) is 0.266. The maximum Gasteiger partial charge on any atom is 0.402 e. The molecule has 3 nitrogen and oxygen atoms in total. The highest BCUT2D eigenvalue weighted by molar-refractivity contribution is 7.97. The van der Waals surface area contributed by atoms with Crippen LogP contribution in [0.2, 0.25) is 0 Å². The summed E-state index contributed by atoms with van der Waals surface area (Å²) < 4.78 is 109. The van der Waals surface area contributed by atoms with Crippen molar-refractivity contribution in [2.45, 2.75) is 96.9 Å². The predicted molar refractivity (Wildman–Crippen MR) is 144 cm³/mol. The third-order valence-electron chi connectivity index (χ3n) is 1.42. The van der Waals surface area contributed by atoms with Gasteiger partial charge in [-0.25, -0.2) is 8.42 Å². The van der Waals surface area contributed by atoms with Crippen LogP contribution in [0.5, 0.6) is 0 Å². The zero-order valence-corrected chi connectivity index (χ0v) is 22.1. The van der Waals surface area contributed by atoms with E-state index in [2.05, 4.69) is 13.8 Å². The molecule has 35 heavy (non-hydrogen) atoms. The van der Waals surface area contributed by atoms with Crippen molar-refractivity contribution < 1.29 is 48.3 Å². The maximum atomic E-state index is 11.6. The minimum atomic E-state index is -5.24. The summed E-state index contributed by atoms with van der Waals surface area (Å²) in [5, 5.41) is 0. The van der Waals surface area contributed by atoms with Crippen molar-refractivity contribution in [1.82, 2.24) is 0 Å². The summed E-state index contributed by atoms with van der Waals surface area (Å²) in [5.41, 5.74) is -3.62. The zero-order valence-electron chi connectivity index (χ0n) is 20.5. The molecule has 0 aromatic rings. The number of sulfone groups is 1. The van der Waals surface area contributed by atoms with E-state index < -0.39 is 27.6 Å².